The Bertz CT molecular complexity index is 1160. The average Bonchev–Trinajstić information content (AvgIpc) is 3.15. The summed E-state index contributed by atoms with van der Waals surface area (Å²) in [6, 6.07) is 25.0. The van der Waals surface area contributed by atoms with E-state index in [9.17, 15) is 4.79 Å². The van der Waals surface area contributed by atoms with Crippen LogP contribution in [0.4, 0.5) is 0 Å². The molecule has 0 saturated carbocycles. The highest BCUT2D eigenvalue weighted by molar-refractivity contribution is 5.86. The molecule has 0 amide bonds. The van der Waals surface area contributed by atoms with Crippen LogP contribution in [0.3, 0.4) is 0 Å². The topological polar surface area (TPSA) is 62.5 Å². The SMILES string of the molecule is O=C(O)CCc1ccc2c(c1)c(CCc1ccccc1)cn2-c1ccc(CCO)cc1. The Balaban J connectivity index is 1.70. The largest absolute Gasteiger partial charge is 0.481 e. The summed E-state index contributed by atoms with van der Waals surface area (Å²) in [5.41, 5.74) is 6.93. The number of carboxylic acids is 1. The van der Waals surface area contributed by atoms with Crippen LogP contribution in [0.1, 0.15) is 28.7 Å². The second-order valence-electron chi connectivity index (χ2n) is 7.90. The molecule has 0 radical (unpaired) electrons. The lowest BCUT2D eigenvalue weighted by atomic mass is 10.0. The second-order valence-corrected chi connectivity index (χ2v) is 7.90. The number of aliphatic hydroxyl groups excluding tert-OH is 1. The molecule has 4 nitrogen and oxygen atoms in total. The first-order valence-electron chi connectivity index (χ1n) is 10.7. The quantitative estimate of drug-likeness (QED) is 0.407. The molecule has 0 bridgehead atoms. The Morgan fingerprint density at radius 1 is 0.774 bits per heavy atom. The summed E-state index contributed by atoms with van der Waals surface area (Å²) in [6.07, 6.45) is 5.40. The van der Waals surface area contributed by atoms with E-state index in [0.717, 1.165) is 35.2 Å². The summed E-state index contributed by atoms with van der Waals surface area (Å²) in [5, 5.41) is 19.4. The van der Waals surface area contributed by atoms with Gasteiger partial charge >= 0.3 is 5.97 Å². The smallest absolute Gasteiger partial charge is 0.303 e. The zero-order valence-electron chi connectivity index (χ0n) is 17.5. The van der Waals surface area contributed by atoms with Gasteiger partial charge in [-0.3, -0.25) is 4.79 Å². The van der Waals surface area contributed by atoms with Crippen LogP contribution in [0, 0.1) is 0 Å². The van der Waals surface area contributed by atoms with E-state index in [0.29, 0.717) is 12.8 Å². The predicted molar refractivity (Wildman–Crippen MR) is 124 cm³/mol. The maximum absolute atomic E-state index is 11.0. The summed E-state index contributed by atoms with van der Waals surface area (Å²) in [6.45, 7) is 0.147. The minimum atomic E-state index is -0.773. The van der Waals surface area contributed by atoms with Crippen molar-refractivity contribution in [3.63, 3.8) is 0 Å². The first-order valence-corrected chi connectivity index (χ1v) is 10.7. The molecule has 4 aromatic rings. The molecule has 0 saturated heterocycles. The molecular weight excluding hydrogens is 386 g/mol. The van der Waals surface area contributed by atoms with Crippen molar-refractivity contribution >= 4 is 16.9 Å². The molecule has 2 N–H and O–H groups in total. The monoisotopic (exact) mass is 413 g/mol. The molecule has 0 aliphatic carbocycles. The fourth-order valence-electron chi connectivity index (χ4n) is 4.04. The fourth-order valence-corrected chi connectivity index (χ4v) is 4.04. The van der Waals surface area contributed by atoms with E-state index >= 15 is 0 Å². The molecule has 158 valence electrons. The molecule has 0 atom stereocenters. The van der Waals surface area contributed by atoms with Crippen molar-refractivity contribution in [3.8, 4) is 5.69 Å². The summed E-state index contributed by atoms with van der Waals surface area (Å²) < 4.78 is 2.21. The minimum absolute atomic E-state index is 0.137. The van der Waals surface area contributed by atoms with E-state index in [-0.39, 0.29) is 13.0 Å². The molecule has 0 aliphatic rings. The molecule has 3 aromatic carbocycles. The Kier molecular flexibility index (Phi) is 6.48. The standard InChI is InChI=1S/C27H27NO3/c29-17-16-21-7-12-24(13-8-21)28-19-23(11-6-20-4-2-1-3-5-20)25-18-22(9-14-26(25)28)10-15-27(30)31/h1-5,7-9,12-14,18-19,29H,6,10-11,15-17H2,(H,30,31). The third-order valence-corrected chi connectivity index (χ3v) is 5.72. The van der Waals surface area contributed by atoms with Gasteiger partial charge in [0.2, 0.25) is 0 Å². The van der Waals surface area contributed by atoms with Crippen molar-refractivity contribution in [3.05, 3.63) is 101 Å². The van der Waals surface area contributed by atoms with Gasteiger partial charge in [-0.25, -0.2) is 0 Å². The van der Waals surface area contributed by atoms with Gasteiger partial charge < -0.3 is 14.8 Å². The van der Waals surface area contributed by atoms with E-state index < -0.39 is 5.97 Å². The molecule has 1 aromatic heterocycles. The second kappa shape index (κ2) is 9.63. The lowest BCUT2D eigenvalue weighted by Gasteiger charge is -2.07. The maximum Gasteiger partial charge on any atom is 0.303 e. The van der Waals surface area contributed by atoms with Gasteiger partial charge in [0.25, 0.3) is 0 Å². The van der Waals surface area contributed by atoms with Gasteiger partial charge in [-0.1, -0.05) is 48.5 Å². The van der Waals surface area contributed by atoms with Gasteiger partial charge in [-0.05, 0) is 72.2 Å². The molecule has 0 fully saturated rings. The summed E-state index contributed by atoms with van der Waals surface area (Å²) in [5.74, 6) is -0.773. The zero-order valence-corrected chi connectivity index (χ0v) is 17.5. The van der Waals surface area contributed by atoms with Crippen LogP contribution in [0.5, 0.6) is 0 Å². The Morgan fingerprint density at radius 2 is 1.48 bits per heavy atom. The lowest BCUT2D eigenvalue weighted by molar-refractivity contribution is -0.136. The normalized spacial score (nSPS) is 11.1. The number of nitrogens with zero attached hydrogens (tertiary/aromatic N) is 1. The van der Waals surface area contributed by atoms with Crippen molar-refractivity contribution in [1.29, 1.82) is 0 Å². The van der Waals surface area contributed by atoms with E-state index in [1.165, 1.54) is 16.5 Å². The van der Waals surface area contributed by atoms with E-state index in [1.807, 2.05) is 12.1 Å². The molecule has 31 heavy (non-hydrogen) atoms. The number of benzene rings is 3. The molecule has 4 rings (SSSR count). The minimum Gasteiger partial charge on any atom is -0.481 e. The molecule has 4 heteroatoms. The molecule has 0 unspecified atom stereocenters. The number of aryl methyl sites for hydroxylation is 3. The highest BCUT2D eigenvalue weighted by Crippen LogP contribution is 2.28. The van der Waals surface area contributed by atoms with Crippen molar-refractivity contribution in [2.45, 2.75) is 32.1 Å². The summed E-state index contributed by atoms with van der Waals surface area (Å²) >= 11 is 0. The van der Waals surface area contributed by atoms with Gasteiger partial charge in [-0.2, -0.15) is 0 Å². The van der Waals surface area contributed by atoms with E-state index in [1.54, 1.807) is 0 Å². The highest BCUT2D eigenvalue weighted by Gasteiger charge is 2.12. The van der Waals surface area contributed by atoms with Gasteiger partial charge in [0.15, 0.2) is 0 Å². The molecular formula is C27H27NO3. The molecule has 1 heterocycles. The van der Waals surface area contributed by atoms with Crippen LogP contribution in [0.25, 0.3) is 16.6 Å². The number of fused-ring (bicyclic) bond motifs is 1. The zero-order chi connectivity index (χ0) is 21.6. The van der Waals surface area contributed by atoms with Crippen molar-refractivity contribution in [1.82, 2.24) is 4.57 Å². The lowest BCUT2D eigenvalue weighted by Crippen LogP contribution is -1.97. The van der Waals surface area contributed by atoms with Crippen LogP contribution in [0.2, 0.25) is 0 Å². The van der Waals surface area contributed by atoms with E-state index in [2.05, 4.69) is 71.4 Å². The van der Waals surface area contributed by atoms with Crippen LogP contribution in [-0.2, 0) is 30.5 Å². The van der Waals surface area contributed by atoms with Crippen LogP contribution in [-0.4, -0.2) is 27.4 Å². The van der Waals surface area contributed by atoms with Crippen molar-refractivity contribution in [2.24, 2.45) is 0 Å². The number of aliphatic hydroxyl groups is 1. The van der Waals surface area contributed by atoms with Crippen molar-refractivity contribution in [2.75, 3.05) is 6.61 Å². The highest BCUT2D eigenvalue weighted by atomic mass is 16.4. The van der Waals surface area contributed by atoms with Gasteiger partial charge in [0.05, 0.1) is 5.52 Å². The fraction of sp³-hybridized carbons (Fsp3) is 0.222. The number of carbonyl (C=O) groups is 1. The van der Waals surface area contributed by atoms with Gasteiger partial charge in [0.1, 0.15) is 0 Å². The number of carboxylic acid groups (broad SMARTS) is 1. The van der Waals surface area contributed by atoms with Gasteiger partial charge in [-0.15, -0.1) is 0 Å². The Labute approximate surface area is 182 Å². The summed E-state index contributed by atoms with van der Waals surface area (Å²) in [4.78, 5) is 11.0. The third-order valence-electron chi connectivity index (χ3n) is 5.72. The Hall–Kier alpha value is -3.37. The van der Waals surface area contributed by atoms with Crippen molar-refractivity contribution < 1.29 is 15.0 Å². The van der Waals surface area contributed by atoms with Crippen LogP contribution < -0.4 is 0 Å². The number of hydrogen-bond acceptors (Lipinski definition) is 2. The Morgan fingerprint density at radius 3 is 2.19 bits per heavy atom. The summed E-state index contributed by atoms with van der Waals surface area (Å²) in [7, 11) is 0. The average molecular weight is 414 g/mol. The molecule has 0 spiro atoms. The number of rotatable bonds is 9. The van der Waals surface area contributed by atoms with Crippen LogP contribution in [0.15, 0.2) is 79.0 Å². The number of hydrogen-bond donors (Lipinski definition) is 2. The molecule has 0 aliphatic heterocycles. The first kappa shape index (κ1) is 20.9. The maximum atomic E-state index is 11.0. The number of aliphatic carboxylic acids is 1. The van der Waals surface area contributed by atoms with Crippen LogP contribution >= 0.6 is 0 Å². The third kappa shape index (κ3) is 5.04. The predicted octanol–water partition coefficient (Wildman–Crippen LogP) is 4.97. The number of aromatic nitrogens is 1. The van der Waals surface area contributed by atoms with Gasteiger partial charge in [0, 0.05) is 30.3 Å². The van der Waals surface area contributed by atoms with E-state index in [4.69, 9.17) is 10.2 Å². The first-order chi connectivity index (χ1) is 15.1.